The van der Waals surface area contributed by atoms with E-state index in [4.69, 9.17) is 0 Å². The molecule has 0 N–H and O–H groups in total. The number of benzene rings is 1. The summed E-state index contributed by atoms with van der Waals surface area (Å²) in [6, 6.07) is 6.65. The van der Waals surface area contributed by atoms with Crippen molar-refractivity contribution in [1.82, 2.24) is 9.36 Å². The molecule has 0 radical (unpaired) electrons. The van der Waals surface area contributed by atoms with Crippen LogP contribution in [0.3, 0.4) is 0 Å². The highest BCUT2D eigenvalue weighted by atomic mass is 16.2. The fourth-order valence-electron chi connectivity index (χ4n) is 4.66. The first-order chi connectivity index (χ1) is 12.9. The lowest BCUT2D eigenvalue weighted by atomic mass is 9.74. The van der Waals surface area contributed by atoms with Gasteiger partial charge in [-0.25, -0.2) is 9.36 Å². The van der Waals surface area contributed by atoms with Crippen molar-refractivity contribution in [3.05, 3.63) is 50.5 Å². The predicted molar refractivity (Wildman–Crippen MR) is 107 cm³/mol. The van der Waals surface area contributed by atoms with E-state index in [1.54, 1.807) is 28.9 Å². The molecule has 0 saturated heterocycles. The molecule has 5 nitrogen and oxygen atoms in total. The van der Waals surface area contributed by atoms with Crippen molar-refractivity contribution in [3.8, 4) is 0 Å². The van der Waals surface area contributed by atoms with E-state index in [9.17, 15) is 14.4 Å². The van der Waals surface area contributed by atoms with Crippen molar-refractivity contribution < 1.29 is 4.79 Å². The molecule has 1 atom stereocenters. The fourth-order valence-corrected chi connectivity index (χ4v) is 4.66. The number of Topliss-reactive ketones (excluding diaryl/α,β-unsaturated/α-hetero) is 1. The Bertz CT molecular complexity index is 1080. The van der Waals surface area contributed by atoms with Crippen LogP contribution in [0.1, 0.15) is 65.3 Å². The van der Waals surface area contributed by atoms with Crippen LogP contribution in [0.5, 0.6) is 0 Å². The number of carbonyl (C=O) groups excluding carboxylic acids is 1. The van der Waals surface area contributed by atoms with E-state index < -0.39 is 0 Å². The predicted octanol–water partition coefficient (Wildman–Crippen LogP) is 3.90. The summed E-state index contributed by atoms with van der Waals surface area (Å²) in [5, 5.41) is 0.862. The monoisotopic (exact) mass is 366 g/mol. The SMILES string of the molecule is CCCCCC1C2=C(CC(C)(C)CC2=O)n2c(=O)c3ccccc3c(=O)n21. The first-order valence-electron chi connectivity index (χ1n) is 9.89. The van der Waals surface area contributed by atoms with Gasteiger partial charge in [0.2, 0.25) is 0 Å². The van der Waals surface area contributed by atoms with E-state index >= 15 is 0 Å². The summed E-state index contributed by atoms with van der Waals surface area (Å²) in [5.41, 5.74) is 0.860. The van der Waals surface area contributed by atoms with Crippen molar-refractivity contribution in [2.24, 2.45) is 5.41 Å². The van der Waals surface area contributed by atoms with Gasteiger partial charge in [-0.1, -0.05) is 52.2 Å². The third-order valence-electron chi connectivity index (χ3n) is 5.87. The molecule has 2 aromatic rings. The maximum atomic E-state index is 13.3. The minimum Gasteiger partial charge on any atom is -0.294 e. The highest BCUT2D eigenvalue weighted by molar-refractivity contribution is 6.04. The number of carbonyl (C=O) groups is 1. The Morgan fingerprint density at radius 3 is 2.33 bits per heavy atom. The Balaban J connectivity index is 2.01. The Hall–Kier alpha value is -2.43. The molecule has 0 spiro atoms. The topological polar surface area (TPSA) is 61.1 Å². The van der Waals surface area contributed by atoms with Gasteiger partial charge in [-0.15, -0.1) is 0 Å². The average molecular weight is 366 g/mol. The number of ketones is 1. The lowest BCUT2D eigenvalue weighted by Gasteiger charge is -2.30. The molecule has 2 aliphatic rings. The maximum Gasteiger partial charge on any atom is 0.277 e. The van der Waals surface area contributed by atoms with Crippen molar-refractivity contribution in [2.45, 2.75) is 65.3 Å². The largest absolute Gasteiger partial charge is 0.294 e. The Kier molecular flexibility index (Phi) is 4.21. The number of fused-ring (bicyclic) bond motifs is 3. The fraction of sp³-hybridized carbons (Fsp3) is 0.500. The van der Waals surface area contributed by atoms with Crippen LogP contribution >= 0.6 is 0 Å². The first kappa shape index (κ1) is 18.0. The number of nitrogens with zero attached hydrogens (tertiary/aromatic N) is 2. The lowest BCUT2D eigenvalue weighted by Crippen LogP contribution is -2.37. The number of hydrogen-bond donors (Lipinski definition) is 0. The molecule has 27 heavy (non-hydrogen) atoms. The quantitative estimate of drug-likeness (QED) is 0.771. The molecule has 142 valence electrons. The van der Waals surface area contributed by atoms with Crippen molar-refractivity contribution in [3.63, 3.8) is 0 Å². The van der Waals surface area contributed by atoms with Crippen LogP contribution < -0.4 is 11.1 Å². The van der Waals surface area contributed by atoms with Gasteiger partial charge in [-0.2, -0.15) is 0 Å². The van der Waals surface area contributed by atoms with Gasteiger partial charge in [0.1, 0.15) is 0 Å². The van der Waals surface area contributed by atoms with Crippen LogP contribution in [-0.2, 0) is 4.79 Å². The van der Waals surface area contributed by atoms with Crippen LogP contribution in [0.15, 0.2) is 39.4 Å². The summed E-state index contributed by atoms with van der Waals surface area (Å²) in [6.07, 6.45) is 4.87. The zero-order valence-corrected chi connectivity index (χ0v) is 16.2. The highest BCUT2D eigenvalue weighted by Crippen LogP contribution is 2.46. The molecule has 5 heteroatoms. The normalized spacial score (nSPS) is 20.9. The van der Waals surface area contributed by atoms with Gasteiger partial charge in [0.05, 0.1) is 22.5 Å². The minimum absolute atomic E-state index is 0.0850. The van der Waals surface area contributed by atoms with Gasteiger partial charge < -0.3 is 0 Å². The number of rotatable bonds is 4. The molecule has 0 amide bonds. The van der Waals surface area contributed by atoms with Gasteiger partial charge in [0.25, 0.3) is 11.1 Å². The molecule has 1 aromatic heterocycles. The summed E-state index contributed by atoms with van der Waals surface area (Å²) >= 11 is 0. The number of aromatic nitrogens is 2. The van der Waals surface area contributed by atoms with Crippen molar-refractivity contribution >= 4 is 22.3 Å². The number of unbranched alkanes of at least 4 members (excludes halogenated alkanes) is 2. The highest BCUT2D eigenvalue weighted by Gasteiger charge is 2.43. The van der Waals surface area contributed by atoms with Crippen LogP contribution in [0, 0.1) is 5.41 Å². The molecule has 1 aromatic carbocycles. The lowest BCUT2D eigenvalue weighted by molar-refractivity contribution is -0.118. The van der Waals surface area contributed by atoms with Gasteiger partial charge >= 0.3 is 0 Å². The van der Waals surface area contributed by atoms with E-state index in [0.29, 0.717) is 29.2 Å². The van der Waals surface area contributed by atoms with Gasteiger partial charge in [0.15, 0.2) is 5.78 Å². The molecule has 2 heterocycles. The summed E-state index contributed by atoms with van der Waals surface area (Å²) in [4.78, 5) is 39.6. The average Bonchev–Trinajstić information content (AvgIpc) is 2.93. The second-order valence-electron chi connectivity index (χ2n) is 8.63. The first-order valence-corrected chi connectivity index (χ1v) is 9.89. The van der Waals surface area contributed by atoms with E-state index in [1.807, 2.05) is 13.8 Å². The zero-order valence-electron chi connectivity index (χ0n) is 16.2. The van der Waals surface area contributed by atoms with Gasteiger partial charge in [-0.3, -0.25) is 14.4 Å². The molecule has 4 rings (SSSR count). The van der Waals surface area contributed by atoms with Crippen molar-refractivity contribution in [2.75, 3.05) is 0 Å². The van der Waals surface area contributed by atoms with E-state index in [0.717, 1.165) is 31.4 Å². The molecule has 1 unspecified atom stereocenters. The second-order valence-corrected chi connectivity index (χ2v) is 8.63. The van der Waals surface area contributed by atoms with E-state index in [-0.39, 0.29) is 28.4 Å². The Labute approximate surface area is 158 Å². The third kappa shape index (κ3) is 2.71. The zero-order chi connectivity index (χ0) is 19.3. The third-order valence-corrected chi connectivity index (χ3v) is 5.87. The number of allylic oxidation sites excluding steroid dienone is 2. The van der Waals surface area contributed by atoms with Crippen LogP contribution in [0.25, 0.3) is 16.5 Å². The van der Waals surface area contributed by atoms with Crippen LogP contribution in [0.4, 0.5) is 0 Å². The van der Waals surface area contributed by atoms with Crippen molar-refractivity contribution in [1.29, 1.82) is 0 Å². The standard InChI is InChI=1S/C22H26N2O3/c1-4-5-6-11-16-19-17(12-22(2,3)13-18(19)25)24-21(27)15-10-8-7-9-14(15)20(26)23(16)24/h7-10,16H,4-6,11-13H2,1-3H3. The molecule has 1 aliphatic heterocycles. The van der Waals surface area contributed by atoms with Gasteiger partial charge in [0, 0.05) is 12.0 Å². The molecule has 1 aliphatic carbocycles. The Morgan fingerprint density at radius 2 is 1.67 bits per heavy atom. The number of hydrogen-bond acceptors (Lipinski definition) is 3. The van der Waals surface area contributed by atoms with Crippen LogP contribution in [-0.4, -0.2) is 15.1 Å². The maximum absolute atomic E-state index is 13.3. The summed E-state index contributed by atoms with van der Waals surface area (Å²) in [5.74, 6) is 0.0850. The smallest absolute Gasteiger partial charge is 0.277 e. The summed E-state index contributed by atoms with van der Waals surface area (Å²) < 4.78 is 3.10. The van der Waals surface area contributed by atoms with Crippen LogP contribution in [0.2, 0.25) is 0 Å². The van der Waals surface area contributed by atoms with Gasteiger partial charge in [-0.05, 0) is 30.4 Å². The Morgan fingerprint density at radius 1 is 1.00 bits per heavy atom. The van der Waals surface area contributed by atoms with E-state index in [2.05, 4.69) is 6.92 Å². The molecular formula is C22H26N2O3. The minimum atomic E-state index is -0.319. The summed E-state index contributed by atoms with van der Waals surface area (Å²) in [7, 11) is 0. The molecule has 0 bridgehead atoms. The summed E-state index contributed by atoms with van der Waals surface area (Å²) in [6.45, 7) is 6.23. The molecule has 0 saturated carbocycles. The molecular weight excluding hydrogens is 340 g/mol. The van der Waals surface area contributed by atoms with E-state index in [1.165, 1.54) is 4.68 Å². The molecule has 0 fully saturated rings. The second kappa shape index (κ2) is 6.32.